The Kier molecular flexibility index (Phi) is 18.3. The number of hydrogen-bond donors (Lipinski definition) is 2. The van der Waals surface area contributed by atoms with Gasteiger partial charge in [0.2, 0.25) is 0 Å². The highest BCUT2D eigenvalue weighted by Gasteiger charge is 2.53. The van der Waals surface area contributed by atoms with Gasteiger partial charge in [0.15, 0.2) is 12.1 Å². The first-order chi connectivity index (χ1) is 16.7. The Morgan fingerprint density at radius 2 is 1.06 bits per heavy atom. The van der Waals surface area contributed by atoms with Gasteiger partial charge >= 0.3 is 11.9 Å². The molecule has 7 nitrogen and oxygen atoms in total. The molecule has 7 heteroatoms. The molecule has 0 aliphatic carbocycles. The zero-order valence-electron chi connectivity index (χ0n) is 22.7. The zero-order chi connectivity index (χ0) is 26.7. The molecule has 0 fully saturated rings. The Bertz CT molecular complexity index is 578. The molecule has 3 unspecified atom stereocenters. The van der Waals surface area contributed by atoms with Gasteiger partial charge in [0.25, 0.3) is 0 Å². The molecule has 0 radical (unpaired) electrons. The molecule has 0 rings (SSSR count). The van der Waals surface area contributed by atoms with E-state index in [-0.39, 0.29) is 25.8 Å². The van der Waals surface area contributed by atoms with Crippen LogP contribution in [0.1, 0.15) is 124 Å². The van der Waals surface area contributed by atoms with E-state index in [1.807, 2.05) is 0 Å². The minimum Gasteiger partial charge on any atom is -0.544 e. The molecular weight excluding hydrogens is 446 g/mol. The lowest BCUT2D eigenvalue weighted by Crippen LogP contribution is -2.73. The van der Waals surface area contributed by atoms with E-state index < -0.39 is 40.5 Å². The van der Waals surface area contributed by atoms with Crippen molar-refractivity contribution >= 4 is 17.9 Å². The van der Waals surface area contributed by atoms with E-state index in [2.05, 4.69) is 19.1 Å². The fourth-order valence-corrected chi connectivity index (χ4v) is 5.54. The Morgan fingerprint density at radius 3 is 1.43 bits per heavy atom. The van der Waals surface area contributed by atoms with E-state index in [9.17, 15) is 29.7 Å². The molecule has 0 aliphatic heterocycles. The van der Waals surface area contributed by atoms with E-state index >= 15 is 0 Å². The quantitative estimate of drug-likeness (QED) is 0.112. The molecule has 204 valence electrons. The van der Waals surface area contributed by atoms with Crippen molar-refractivity contribution in [1.82, 2.24) is 0 Å². The molecule has 0 amide bonds. The Balaban J connectivity index is 5.05. The number of allylic oxidation sites excluding steroid dienone is 2. The monoisotopic (exact) mass is 497 g/mol. The van der Waals surface area contributed by atoms with Gasteiger partial charge in [0, 0.05) is 19.3 Å². The maximum atomic E-state index is 12.2. The van der Waals surface area contributed by atoms with Crippen LogP contribution in [0.3, 0.4) is 0 Å². The summed E-state index contributed by atoms with van der Waals surface area (Å²) in [4.78, 5) is 36.4. The van der Waals surface area contributed by atoms with E-state index in [1.165, 1.54) is 51.4 Å². The topological polar surface area (TPSA) is 115 Å². The Labute approximate surface area is 213 Å². The van der Waals surface area contributed by atoms with Crippen LogP contribution in [0.5, 0.6) is 0 Å². The normalized spacial score (nSPS) is 16.0. The largest absolute Gasteiger partial charge is 0.544 e. The van der Waals surface area contributed by atoms with Gasteiger partial charge in [-0.15, -0.1) is 0 Å². The lowest BCUT2D eigenvalue weighted by atomic mass is 9.94. The zero-order valence-corrected chi connectivity index (χ0v) is 22.7. The molecule has 0 saturated heterocycles. The van der Waals surface area contributed by atoms with Crippen LogP contribution in [0, 0.1) is 0 Å². The lowest BCUT2D eigenvalue weighted by Gasteiger charge is -2.51. The van der Waals surface area contributed by atoms with Crippen LogP contribution in [-0.4, -0.2) is 57.3 Å². The van der Waals surface area contributed by atoms with Gasteiger partial charge in [-0.2, -0.15) is 0 Å². The second-order valence-electron chi connectivity index (χ2n) is 9.72. The average Bonchev–Trinajstić information content (AvgIpc) is 2.79. The first kappa shape index (κ1) is 33.1. The van der Waals surface area contributed by atoms with Gasteiger partial charge in [0.05, 0.1) is 12.5 Å². The van der Waals surface area contributed by atoms with Crippen molar-refractivity contribution in [2.45, 2.75) is 142 Å². The number of carboxylic acids is 3. The van der Waals surface area contributed by atoms with E-state index in [1.54, 1.807) is 20.8 Å². The lowest BCUT2D eigenvalue weighted by molar-refractivity contribution is -0.974. The van der Waals surface area contributed by atoms with Crippen LogP contribution in [0.25, 0.3) is 0 Å². The van der Waals surface area contributed by atoms with Crippen molar-refractivity contribution in [3.8, 4) is 0 Å². The molecule has 0 heterocycles. The predicted molar refractivity (Wildman–Crippen MR) is 138 cm³/mol. The summed E-state index contributed by atoms with van der Waals surface area (Å²) in [6.07, 6.45) is 18.2. The Hall–Kier alpha value is -1.89. The number of carbonyl (C=O) groups is 3. The number of aliphatic carboxylic acids is 3. The van der Waals surface area contributed by atoms with Crippen LogP contribution in [0.4, 0.5) is 0 Å². The predicted octanol–water partition coefficient (Wildman–Crippen LogP) is 5.32. The summed E-state index contributed by atoms with van der Waals surface area (Å²) in [5, 5.41) is 32.0. The van der Waals surface area contributed by atoms with E-state index in [0.717, 1.165) is 19.3 Å². The first-order valence-corrected chi connectivity index (χ1v) is 13.9. The van der Waals surface area contributed by atoms with Crippen molar-refractivity contribution in [1.29, 1.82) is 0 Å². The van der Waals surface area contributed by atoms with Crippen molar-refractivity contribution in [3.05, 3.63) is 12.2 Å². The number of carbonyl (C=O) groups excluding carboxylic acids is 1. The van der Waals surface area contributed by atoms with Crippen LogP contribution < -0.4 is 5.11 Å². The van der Waals surface area contributed by atoms with E-state index in [4.69, 9.17) is 0 Å². The van der Waals surface area contributed by atoms with Crippen molar-refractivity contribution in [2.24, 2.45) is 0 Å². The molecule has 0 saturated carbocycles. The van der Waals surface area contributed by atoms with Crippen LogP contribution in [-0.2, 0) is 14.4 Å². The summed E-state index contributed by atoms with van der Waals surface area (Å²) in [6.45, 7) is 7.43. The third-order valence-electron chi connectivity index (χ3n) is 7.30. The molecule has 0 aromatic carbocycles. The molecule has 2 N–H and O–H groups in total. The highest BCUT2D eigenvalue weighted by molar-refractivity contribution is 5.77. The maximum absolute atomic E-state index is 12.2. The molecule has 3 atom stereocenters. The SMILES string of the molecule is CCCCCCCCCC/C=C/CCCC[N+](C(CC)C(=O)[O-])(C(CC)C(=O)O)C(CC)C(=O)O. The fraction of sp³-hybridized carbons (Fsp3) is 0.821. The molecule has 0 aromatic rings. The minimum atomic E-state index is -1.38. The third kappa shape index (κ3) is 11.1. The van der Waals surface area contributed by atoms with Gasteiger partial charge in [-0.25, -0.2) is 9.59 Å². The second kappa shape index (κ2) is 19.3. The second-order valence-corrected chi connectivity index (χ2v) is 9.72. The fourth-order valence-electron chi connectivity index (χ4n) is 5.54. The maximum Gasteiger partial charge on any atom is 0.362 e. The molecule has 0 spiro atoms. The van der Waals surface area contributed by atoms with Crippen molar-refractivity contribution in [3.63, 3.8) is 0 Å². The summed E-state index contributed by atoms with van der Waals surface area (Å²) < 4.78 is -0.488. The third-order valence-corrected chi connectivity index (χ3v) is 7.30. The highest BCUT2D eigenvalue weighted by atomic mass is 16.4. The van der Waals surface area contributed by atoms with Crippen molar-refractivity contribution in [2.75, 3.05) is 6.54 Å². The number of quaternary nitrogens is 1. The minimum absolute atomic E-state index is 0.119. The van der Waals surface area contributed by atoms with Gasteiger partial charge < -0.3 is 20.1 Å². The summed E-state index contributed by atoms with van der Waals surface area (Å²) in [5.74, 6) is -3.69. The summed E-state index contributed by atoms with van der Waals surface area (Å²) in [6, 6.07) is -3.41. The van der Waals surface area contributed by atoms with E-state index in [0.29, 0.717) is 6.42 Å². The molecule has 0 bridgehead atoms. The highest BCUT2D eigenvalue weighted by Crippen LogP contribution is 2.32. The smallest absolute Gasteiger partial charge is 0.362 e. The van der Waals surface area contributed by atoms with Crippen LogP contribution in [0.15, 0.2) is 12.2 Å². The number of hydrogen-bond acceptors (Lipinski definition) is 4. The summed E-state index contributed by atoms with van der Waals surface area (Å²) in [7, 11) is 0. The van der Waals surface area contributed by atoms with Gasteiger partial charge in [-0.3, -0.25) is 4.48 Å². The Morgan fingerprint density at radius 1 is 0.657 bits per heavy atom. The summed E-state index contributed by atoms with van der Waals surface area (Å²) in [5.41, 5.74) is 0. The average molecular weight is 498 g/mol. The number of carboxylic acid groups (broad SMARTS) is 3. The number of rotatable bonds is 23. The van der Waals surface area contributed by atoms with Gasteiger partial charge in [-0.1, -0.05) is 84.8 Å². The summed E-state index contributed by atoms with van der Waals surface area (Å²) >= 11 is 0. The molecular formula is C28H51NO6. The number of nitrogens with zero attached hydrogens (tertiary/aromatic N) is 1. The standard InChI is InChI=1S/C28H51NO6/c1-5-9-10-11-12-13-14-15-16-17-18-19-20-21-22-29(23(6-2)26(30)31,24(7-3)27(32)33)25(8-4)28(34)35/h17-18,23-25H,5-16,19-22H2,1-4H3,(H2-,30,31,32,33,34,35)/b18-17+. The van der Waals surface area contributed by atoms with Crippen LogP contribution >= 0.6 is 0 Å². The molecule has 0 aromatic heterocycles. The molecule has 0 aliphatic rings. The number of unbranched alkanes of at least 4 members (excludes halogenated alkanes) is 10. The molecule has 35 heavy (non-hydrogen) atoms. The van der Waals surface area contributed by atoms with Crippen molar-refractivity contribution < 1.29 is 34.2 Å². The first-order valence-electron chi connectivity index (χ1n) is 13.9. The van der Waals surface area contributed by atoms with Gasteiger partial charge in [0.1, 0.15) is 6.04 Å². The van der Waals surface area contributed by atoms with Crippen LogP contribution in [0.2, 0.25) is 0 Å². The van der Waals surface area contributed by atoms with Gasteiger partial charge in [-0.05, 0) is 32.1 Å².